The van der Waals surface area contributed by atoms with E-state index in [0.717, 1.165) is 11.6 Å². The quantitative estimate of drug-likeness (QED) is 0.414. The van der Waals surface area contributed by atoms with Crippen molar-refractivity contribution in [2.75, 3.05) is 12.3 Å². The lowest BCUT2D eigenvalue weighted by atomic mass is 10.2. The maximum Gasteiger partial charge on any atom is 0.270 e. The molecule has 0 atom stereocenters. The van der Waals surface area contributed by atoms with Gasteiger partial charge in [0.2, 0.25) is 10.0 Å². The topological polar surface area (TPSA) is 89.3 Å². The third-order valence-electron chi connectivity index (χ3n) is 3.43. The first kappa shape index (κ1) is 19.7. The lowest BCUT2D eigenvalue weighted by Gasteiger charge is -2.09. The minimum Gasteiger partial charge on any atom is -0.258 e. The van der Waals surface area contributed by atoms with Crippen molar-refractivity contribution in [1.82, 2.24) is 4.72 Å². The Hall–Kier alpha value is -1.61. The first-order chi connectivity index (χ1) is 11.8. The second-order valence-corrected chi connectivity index (χ2v) is 8.50. The van der Waals surface area contributed by atoms with Gasteiger partial charge in [0, 0.05) is 35.2 Å². The lowest BCUT2D eigenvalue weighted by molar-refractivity contribution is -0.385. The number of nitro groups is 1. The minimum atomic E-state index is -3.79. The van der Waals surface area contributed by atoms with Gasteiger partial charge in [-0.2, -0.15) is 11.8 Å². The fourth-order valence-corrected chi connectivity index (χ4v) is 4.68. The molecule has 134 valence electrons. The minimum absolute atomic E-state index is 0.0715. The molecule has 2 rings (SSSR count). The highest BCUT2D eigenvalue weighted by Gasteiger charge is 2.20. The molecular formula is C16H17ClN2O4S2. The first-order valence-corrected chi connectivity index (χ1v) is 10.4. The van der Waals surface area contributed by atoms with Gasteiger partial charge in [0.15, 0.2) is 0 Å². The number of rotatable bonds is 8. The lowest BCUT2D eigenvalue weighted by Crippen LogP contribution is -2.26. The first-order valence-electron chi connectivity index (χ1n) is 7.37. The van der Waals surface area contributed by atoms with Crippen molar-refractivity contribution < 1.29 is 13.3 Å². The molecule has 25 heavy (non-hydrogen) atoms. The van der Waals surface area contributed by atoms with Crippen LogP contribution in [-0.2, 0) is 15.8 Å². The third-order valence-corrected chi connectivity index (χ3v) is 6.41. The van der Waals surface area contributed by atoms with Crippen molar-refractivity contribution in [2.45, 2.75) is 17.6 Å². The number of aryl methyl sites for hydroxylation is 1. The Balaban J connectivity index is 1.93. The summed E-state index contributed by atoms with van der Waals surface area (Å²) < 4.78 is 27.2. The molecule has 0 fully saturated rings. The van der Waals surface area contributed by atoms with Crippen molar-refractivity contribution in [3.8, 4) is 0 Å². The van der Waals surface area contributed by atoms with E-state index in [0.29, 0.717) is 22.1 Å². The maximum absolute atomic E-state index is 12.4. The zero-order valence-corrected chi connectivity index (χ0v) is 15.8. The molecule has 9 heteroatoms. The summed E-state index contributed by atoms with van der Waals surface area (Å²) in [6, 6.07) is 11.3. The van der Waals surface area contributed by atoms with Crippen LogP contribution in [0.25, 0.3) is 0 Å². The van der Waals surface area contributed by atoms with Gasteiger partial charge in [-0.1, -0.05) is 35.9 Å². The molecule has 6 nitrogen and oxygen atoms in total. The van der Waals surface area contributed by atoms with Crippen LogP contribution in [0.1, 0.15) is 11.1 Å². The molecular weight excluding hydrogens is 384 g/mol. The Labute approximate surface area is 155 Å². The smallest absolute Gasteiger partial charge is 0.258 e. The fraction of sp³-hybridized carbons (Fsp3) is 0.250. The second kappa shape index (κ2) is 8.66. The molecule has 0 unspecified atom stereocenters. The van der Waals surface area contributed by atoms with Gasteiger partial charge in [0.05, 0.1) is 9.82 Å². The van der Waals surface area contributed by atoms with Gasteiger partial charge >= 0.3 is 0 Å². The maximum atomic E-state index is 12.4. The van der Waals surface area contributed by atoms with E-state index < -0.39 is 14.9 Å². The van der Waals surface area contributed by atoms with Gasteiger partial charge < -0.3 is 0 Å². The van der Waals surface area contributed by atoms with E-state index in [1.54, 1.807) is 18.7 Å². The van der Waals surface area contributed by atoms with Gasteiger partial charge in [0.25, 0.3) is 5.69 Å². The molecule has 0 saturated heterocycles. The zero-order valence-electron chi connectivity index (χ0n) is 13.4. The summed E-state index contributed by atoms with van der Waals surface area (Å²) in [5.74, 6) is 1.23. The van der Waals surface area contributed by atoms with Crippen LogP contribution < -0.4 is 4.72 Å². The third kappa shape index (κ3) is 5.43. The highest BCUT2D eigenvalue weighted by atomic mass is 35.5. The zero-order chi connectivity index (χ0) is 18.4. The Morgan fingerprint density at radius 1 is 1.24 bits per heavy atom. The number of thioether (sulfide) groups is 1. The molecule has 0 aliphatic rings. The summed E-state index contributed by atoms with van der Waals surface area (Å²) in [4.78, 5) is 10.1. The van der Waals surface area contributed by atoms with Crippen molar-refractivity contribution in [3.63, 3.8) is 0 Å². The number of nitro benzene ring substituents is 1. The van der Waals surface area contributed by atoms with Crippen LogP contribution in [-0.4, -0.2) is 25.6 Å². The normalized spacial score (nSPS) is 11.4. The van der Waals surface area contributed by atoms with Crippen LogP contribution in [0.15, 0.2) is 47.4 Å². The molecule has 0 aliphatic heterocycles. The van der Waals surface area contributed by atoms with E-state index in [4.69, 9.17) is 11.6 Å². The molecule has 0 aliphatic carbocycles. The largest absolute Gasteiger partial charge is 0.270 e. The van der Waals surface area contributed by atoms with Crippen molar-refractivity contribution in [3.05, 3.63) is 68.7 Å². The monoisotopic (exact) mass is 400 g/mol. The number of hydrogen-bond acceptors (Lipinski definition) is 5. The van der Waals surface area contributed by atoms with E-state index in [9.17, 15) is 18.5 Å². The summed E-state index contributed by atoms with van der Waals surface area (Å²) >= 11 is 7.62. The van der Waals surface area contributed by atoms with Gasteiger partial charge in [-0.25, -0.2) is 13.1 Å². The Bertz CT molecular complexity index is 872. The molecule has 0 radical (unpaired) electrons. The van der Waals surface area contributed by atoms with Gasteiger partial charge in [-0.15, -0.1) is 0 Å². The van der Waals surface area contributed by atoms with Crippen molar-refractivity contribution in [1.29, 1.82) is 0 Å². The summed E-state index contributed by atoms with van der Waals surface area (Å²) in [5.41, 5.74) is 1.20. The highest BCUT2D eigenvalue weighted by Crippen LogP contribution is 2.22. The Kier molecular flexibility index (Phi) is 6.83. The predicted molar refractivity (Wildman–Crippen MR) is 101 cm³/mol. The average Bonchev–Trinajstić information content (AvgIpc) is 2.56. The molecule has 2 aromatic carbocycles. The Morgan fingerprint density at radius 3 is 2.64 bits per heavy atom. The van der Waals surface area contributed by atoms with E-state index in [-0.39, 0.29) is 17.1 Å². The number of benzene rings is 2. The van der Waals surface area contributed by atoms with E-state index in [1.807, 2.05) is 24.3 Å². The summed E-state index contributed by atoms with van der Waals surface area (Å²) in [6.45, 7) is 1.82. The number of nitrogens with zero attached hydrogens (tertiary/aromatic N) is 1. The van der Waals surface area contributed by atoms with Crippen LogP contribution in [0.3, 0.4) is 0 Å². The Morgan fingerprint density at radius 2 is 1.96 bits per heavy atom. The van der Waals surface area contributed by atoms with Crippen LogP contribution in [0.4, 0.5) is 5.69 Å². The van der Waals surface area contributed by atoms with Crippen LogP contribution in [0.5, 0.6) is 0 Å². The summed E-state index contributed by atoms with van der Waals surface area (Å²) in [6.07, 6.45) is 0. The molecule has 0 spiro atoms. The summed E-state index contributed by atoms with van der Waals surface area (Å²) in [5, 5.41) is 11.5. The van der Waals surface area contributed by atoms with Crippen LogP contribution >= 0.6 is 23.4 Å². The predicted octanol–water partition coefficient (Wildman–Crippen LogP) is 3.77. The molecule has 0 bridgehead atoms. The van der Waals surface area contributed by atoms with Gasteiger partial charge in [0.1, 0.15) is 0 Å². The second-order valence-electron chi connectivity index (χ2n) is 5.25. The molecule has 0 amide bonds. The average molecular weight is 401 g/mol. The standard InChI is InChI=1S/C16H17ClN2O4S2/c1-12-6-7-14(19(20)21)10-16(12)25(22,23)18-8-9-24-11-13-4-2-3-5-15(13)17/h2-7,10,18H,8-9,11H2,1H3. The summed E-state index contributed by atoms with van der Waals surface area (Å²) in [7, 11) is -3.79. The van der Waals surface area contributed by atoms with Gasteiger partial charge in [-0.3, -0.25) is 10.1 Å². The van der Waals surface area contributed by atoms with Gasteiger partial charge in [-0.05, 0) is 24.1 Å². The van der Waals surface area contributed by atoms with Crippen molar-refractivity contribution in [2.24, 2.45) is 0 Å². The molecule has 2 aromatic rings. The van der Waals surface area contributed by atoms with E-state index in [2.05, 4.69) is 4.72 Å². The number of hydrogen-bond donors (Lipinski definition) is 1. The number of nitrogens with one attached hydrogen (secondary N) is 1. The molecule has 0 aromatic heterocycles. The molecule has 1 N–H and O–H groups in total. The number of non-ortho nitro benzene ring substituents is 1. The van der Waals surface area contributed by atoms with E-state index in [1.165, 1.54) is 12.1 Å². The SMILES string of the molecule is Cc1ccc([N+](=O)[O-])cc1S(=O)(=O)NCCSCc1ccccc1Cl. The highest BCUT2D eigenvalue weighted by molar-refractivity contribution is 7.98. The number of sulfonamides is 1. The molecule has 0 heterocycles. The van der Waals surface area contributed by atoms with E-state index >= 15 is 0 Å². The number of halogens is 1. The fourth-order valence-electron chi connectivity index (χ4n) is 2.12. The van der Waals surface area contributed by atoms with Crippen molar-refractivity contribution >= 4 is 39.1 Å². The molecule has 0 saturated carbocycles. The van der Waals surface area contributed by atoms with Crippen LogP contribution in [0.2, 0.25) is 5.02 Å². The van der Waals surface area contributed by atoms with Crippen LogP contribution in [0, 0.1) is 17.0 Å².